The molecule has 0 aliphatic heterocycles. The van der Waals surface area contributed by atoms with Gasteiger partial charge in [0, 0.05) is 0 Å². The van der Waals surface area contributed by atoms with E-state index in [1.54, 1.807) is 0 Å². The third-order valence-corrected chi connectivity index (χ3v) is 4.22. The van der Waals surface area contributed by atoms with Gasteiger partial charge in [-0.3, -0.25) is 0 Å². The molecule has 4 nitrogen and oxygen atoms in total. The van der Waals surface area contributed by atoms with Gasteiger partial charge in [-0.2, -0.15) is 8.42 Å². The van der Waals surface area contributed by atoms with Gasteiger partial charge >= 0.3 is 10.1 Å². The molecule has 0 unspecified atom stereocenters. The Bertz CT molecular complexity index is 717. The predicted molar refractivity (Wildman–Crippen MR) is 77.7 cm³/mol. The summed E-state index contributed by atoms with van der Waals surface area (Å²) in [5, 5.41) is 0.228. The second kappa shape index (κ2) is 5.42. The van der Waals surface area contributed by atoms with Crippen molar-refractivity contribution >= 4 is 21.7 Å². The van der Waals surface area contributed by atoms with E-state index in [0.717, 1.165) is 16.7 Å². The molecule has 0 bridgehead atoms. The van der Waals surface area contributed by atoms with Gasteiger partial charge < -0.3 is 4.18 Å². The molecule has 0 saturated heterocycles. The number of benzene rings is 1. The summed E-state index contributed by atoms with van der Waals surface area (Å²) in [4.78, 5) is 3.73. The highest BCUT2D eigenvalue weighted by Gasteiger charge is 2.19. The van der Waals surface area contributed by atoms with Gasteiger partial charge in [0.1, 0.15) is 15.8 Å². The molecule has 106 valence electrons. The van der Waals surface area contributed by atoms with E-state index in [9.17, 15) is 8.42 Å². The fourth-order valence-electron chi connectivity index (χ4n) is 1.97. The van der Waals surface area contributed by atoms with Crippen LogP contribution in [0.3, 0.4) is 0 Å². The third-order valence-electron chi connectivity index (χ3n) is 2.79. The average molecular weight is 312 g/mol. The van der Waals surface area contributed by atoms with Crippen molar-refractivity contribution in [1.82, 2.24) is 4.98 Å². The van der Waals surface area contributed by atoms with Crippen LogP contribution in [0, 0.1) is 20.8 Å². The minimum Gasteiger partial charge on any atom is -0.378 e. The van der Waals surface area contributed by atoms with E-state index in [4.69, 9.17) is 15.8 Å². The first-order valence-electron chi connectivity index (χ1n) is 5.93. The van der Waals surface area contributed by atoms with Crippen LogP contribution in [0.5, 0.6) is 5.75 Å². The lowest BCUT2D eigenvalue weighted by molar-refractivity contribution is 0.481. The topological polar surface area (TPSA) is 56.3 Å². The first kappa shape index (κ1) is 14.8. The lowest BCUT2D eigenvalue weighted by Gasteiger charge is -2.12. The van der Waals surface area contributed by atoms with Gasteiger partial charge in [0.15, 0.2) is 0 Å². The van der Waals surface area contributed by atoms with Crippen molar-refractivity contribution in [1.29, 1.82) is 0 Å². The summed E-state index contributed by atoms with van der Waals surface area (Å²) in [6, 6.07) is 6.52. The SMILES string of the molecule is Cc1cc(C)c(OS(=O)(=O)c2ccc(Cl)nc2)c(C)c1. The molecule has 2 rings (SSSR count). The first-order chi connectivity index (χ1) is 9.29. The number of rotatable bonds is 3. The number of hydrogen-bond donors (Lipinski definition) is 0. The molecule has 1 aromatic carbocycles. The molecule has 0 fully saturated rings. The quantitative estimate of drug-likeness (QED) is 0.643. The molecule has 0 atom stereocenters. The largest absolute Gasteiger partial charge is 0.378 e. The van der Waals surface area contributed by atoms with Crippen molar-refractivity contribution in [3.63, 3.8) is 0 Å². The molecule has 2 aromatic rings. The standard InChI is InChI=1S/C14H14ClNO3S/c1-9-6-10(2)14(11(3)7-9)19-20(17,18)12-4-5-13(15)16-8-12/h4-8H,1-3H3. The molecule has 1 aromatic heterocycles. The van der Waals surface area contributed by atoms with Crippen molar-refractivity contribution in [3.8, 4) is 5.75 Å². The molecular formula is C14H14ClNO3S. The maximum Gasteiger partial charge on any atom is 0.340 e. The molecule has 20 heavy (non-hydrogen) atoms. The van der Waals surface area contributed by atoms with Crippen molar-refractivity contribution in [2.75, 3.05) is 0 Å². The average Bonchev–Trinajstić information content (AvgIpc) is 2.34. The third kappa shape index (κ3) is 3.11. The zero-order valence-corrected chi connectivity index (χ0v) is 12.9. The fraction of sp³-hybridized carbons (Fsp3) is 0.214. The van der Waals surface area contributed by atoms with Crippen LogP contribution in [0.4, 0.5) is 0 Å². The number of aryl methyl sites for hydroxylation is 3. The number of halogens is 1. The van der Waals surface area contributed by atoms with Crippen LogP contribution in [0.25, 0.3) is 0 Å². The Kier molecular flexibility index (Phi) is 4.01. The van der Waals surface area contributed by atoms with Crippen LogP contribution >= 0.6 is 11.6 Å². The number of hydrogen-bond acceptors (Lipinski definition) is 4. The molecule has 0 aliphatic carbocycles. The number of aromatic nitrogens is 1. The molecular weight excluding hydrogens is 298 g/mol. The lowest BCUT2D eigenvalue weighted by Crippen LogP contribution is -2.11. The second-order valence-corrected chi connectivity index (χ2v) is 6.52. The molecule has 0 radical (unpaired) electrons. The highest BCUT2D eigenvalue weighted by Crippen LogP contribution is 2.27. The van der Waals surface area contributed by atoms with Gasteiger partial charge in [-0.1, -0.05) is 29.3 Å². The Morgan fingerprint density at radius 1 is 1.10 bits per heavy atom. The van der Waals surface area contributed by atoms with Gasteiger partial charge in [-0.25, -0.2) is 4.98 Å². The van der Waals surface area contributed by atoms with Gasteiger partial charge in [0.2, 0.25) is 0 Å². The Hall–Kier alpha value is -1.59. The predicted octanol–water partition coefficient (Wildman–Crippen LogP) is 3.43. The monoisotopic (exact) mass is 311 g/mol. The van der Waals surface area contributed by atoms with Crippen molar-refractivity contribution in [2.24, 2.45) is 0 Å². The van der Waals surface area contributed by atoms with Crippen molar-refractivity contribution < 1.29 is 12.6 Å². The van der Waals surface area contributed by atoms with Crippen LogP contribution in [0.15, 0.2) is 35.4 Å². The van der Waals surface area contributed by atoms with Crippen LogP contribution in [-0.4, -0.2) is 13.4 Å². The summed E-state index contributed by atoms with van der Waals surface area (Å²) >= 11 is 5.64. The molecule has 1 heterocycles. The number of nitrogens with zero attached hydrogens (tertiary/aromatic N) is 1. The number of pyridine rings is 1. The van der Waals surface area contributed by atoms with E-state index < -0.39 is 10.1 Å². The Labute approximate surface area is 123 Å². The summed E-state index contributed by atoms with van der Waals surface area (Å²) in [6.45, 7) is 5.57. The maximum absolute atomic E-state index is 12.2. The summed E-state index contributed by atoms with van der Waals surface area (Å²) in [5.74, 6) is 0.352. The summed E-state index contributed by atoms with van der Waals surface area (Å²) < 4.78 is 29.6. The van der Waals surface area contributed by atoms with Crippen molar-refractivity contribution in [3.05, 3.63) is 52.3 Å². The van der Waals surface area contributed by atoms with Gasteiger partial charge in [0.25, 0.3) is 0 Å². The van der Waals surface area contributed by atoms with E-state index in [-0.39, 0.29) is 10.0 Å². The zero-order chi connectivity index (χ0) is 14.9. The normalized spacial score (nSPS) is 11.4. The van der Waals surface area contributed by atoms with Crippen LogP contribution in [0.1, 0.15) is 16.7 Å². The smallest absolute Gasteiger partial charge is 0.340 e. The second-order valence-electron chi connectivity index (χ2n) is 4.58. The summed E-state index contributed by atoms with van der Waals surface area (Å²) in [7, 11) is -3.91. The molecule has 6 heteroatoms. The molecule has 0 aliphatic rings. The highest BCUT2D eigenvalue weighted by atomic mass is 35.5. The fourth-order valence-corrected chi connectivity index (χ4v) is 3.07. The Balaban J connectivity index is 2.41. The van der Waals surface area contributed by atoms with Crippen LogP contribution < -0.4 is 4.18 Å². The molecule has 0 amide bonds. The molecule has 0 N–H and O–H groups in total. The van der Waals surface area contributed by atoms with Gasteiger partial charge in [-0.15, -0.1) is 0 Å². The van der Waals surface area contributed by atoms with Crippen LogP contribution in [0.2, 0.25) is 5.15 Å². The summed E-state index contributed by atoms with van der Waals surface area (Å²) in [5.41, 5.74) is 2.60. The first-order valence-corrected chi connectivity index (χ1v) is 7.72. The van der Waals surface area contributed by atoms with Gasteiger partial charge in [-0.05, 0) is 44.0 Å². The van der Waals surface area contributed by atoms with Gasteiger partial charge in [0.05, 0.1) is 6.20 Å². The molecule has 0 spiro atoms. The van der Waals surface area contributed by atoms with E-state index in [0.29, 0.717) is 5.75 Å². The maximum atomic E-state index is 12.2. The van der Waals surface area contributed by atoms with E-state index in [1.807, 2.05) is 32.9 Å². The molecule has 0 saturated carbocycles. The lowest BCUT2D eigenvalue weighted by atomic mass is 10.1. The Morgan fingerprint density at radius 3 is 2.20 bits per heavy atom. The minimum atomic E-state index is -3.91. The Morgan fingerprint density at radius 2 is 1.70 bits per heavy atom. The summed E-state index contributed by atoms with van der Waals surface area (Å²) in [6.07, 6.45) is 1.18. The van der Waals surface area contributed by atoms with E-state index in [2.05, 4.69) is 4.98 Å². The van der Waals surface area contributed by atoms with E-state index >= 15 is 0 Å². The zero-order valence-electron chi connectivity index (χ0n) is 11.3. The highest BCUT2D eigenvalue weighted by molar-refractivity contribution is 7.87. The van der Waals surface area contributed by atoms with E-state index in [1.165, 1.54) is 18.3 Å². The van der Waals surface area contributed by atoms with Crippen LogP contribution in [-0.2, 0) is 10.1 Å². The van der Waals surface area contributed by atoms with Crippen molar-refractivity contribution in [2.45, 2.75) is 25.7 Å². The minimum absolute atomic E-state index is 0.0266.